The van der Waals surface area contributed by atoms with Gasteiger partial charge in [-0.2, -0.15) is 10.1 Å². The first-order valence-electron chi connectivity index (χ1n) is 10.7. The van der Waals surface area contributed by atoms with Crippen LogP contribution in [0.5, 0.6) is 0 Å². The molecule has 6 nitrogen and oxygen atoms in total. The van der Waals surface area contributed by atoms with Crippen molar-refractivity contribution in [1.29, 1.82) is 0 Å². The highest BCUT2D eigenvalue weighted by Gasteiger charge is 2.19. The number of nitrogens with one attached hydrogen (secondary N) is 1. The lowest BCUT2D eigenvalue weighted by Crippen LogP contribution is -2.36. The summed E-state index contributed by atoms with van der Waals surface area (Å²) in [6.07, 6.45) is 0. The highest BCUT2D eigenvalue weighted by atomic mass is 32.1. The first-order chi connectivity index (χ1) is 15.2. The lowest BCUT2D eigenvalue weighted by molar-refractivity contribution is -0.120. The Balaban J connectivity index is 1.50. The quantitative estimate of drug-likeness (QED) is 0.450. The molecule has 0 saturated heterocycles. The van der Waals surface area contributed by atoms with E-state index in [4.69, 9.17) is 4.98 Å². The number of aryl methyl sites for hydroxylation is 4. The zero-order chi connectivity index (χ0) is 23.0. The molecule has 0 spiro atoms. The Hall–Kier alpha value is -3.19. The van der Waals surface area contributed by atoms with Gasteiger partial charge in [0.25, 0.3) is 0 Å². The van der Waals surface area contributed by atoms with Crippen LogP contribution in [0.3, 0.4) is 0 Å². The maximum atomic E-state index is 12.7. The van der Waals surface area contributed by atoms with Crippen molar-refractivity contribution in [3.8, 4) is 5.69 Å². The third kappa shape index (κ3) is 4.39. The van der Waals surface area contributed by atoms with Gasteiger partial charge in [0.1, 0.15) is 0 Å². The number of nitrogens with zero attached hydrogens (tertiary/aromatic N) is 4. The van der Waals surface area contributed by atoms with Gasteiger partial charge in [-0.15, -0.1) is 0 Å². The van der Waals surface area contributed by atoms with E-state index in [1.807, 2.05) is 42.6 Å². The van der Waals surface area contributed by atoms with E-state index in [0.29, 0.717) is 0 Å². The fraction of sp³-hybridized carbons (Fsp3) is 0.320. The third-order valence-corrected chi connectivity index (χ3v) is 7.01. The molecule has 0 radical (unpaired) electrons. The number of carbonyl (C=O) groups excluding carboxylic acids is 1. The molecule has 1 N–H and O–H groups in total. The first-order valence-corrected chi connectivity index (χ1v) is 11.6. The largest absolute Gasteiger partial charge is 0.348 e. The monoisotopic (exact) mass is 447 g/mol. The van der Waals surface area contributed by atoms with Gasteiger partial charge in [0.05, 0.1) is 28.7 Å². The SMILES string of the molecule is Cc1cccc(-n2nc(C)c3sc(N(C)CC(=O)N[C@@H](C)c4ccc(C)c(C)c4)nc32)c1. The molecule has 1 amide bonds. The average molecular weight is 448 g/mol. The highest BCUT2D eigenvalue weighted by molar-refractivity contribution is 7.22. The lowest BCUT2D eigenvalue weighted by atomic mass is 10.0. The van der Waals surface area contributed by atoms with Gasteiger partial charge in [-0.3, -0.25) is 4.79 Å². The van der Waals surface area contributed by atoms with Crippen LogP contribution in [0.4, 0.5) is 5.13 Å². The van der Waals surface area contributed by atoms with Crippen LogP contribution >= 0.6 is 11.3 Å². The normalized spacial score (nSPS) is 12.2. The smallest absolute Gasteiger partial charge is 0.240 e. The van der Waals surface area contributed by atoms with Crippen LogP contribution in [0.1, 0.15) is 40.9 Å². The maximum Gasteiger partial charge on any atom is 0.240 e. The van der Waals surface area contributed by atoms with Gasteiger partial charge >= 0.3 is 0 Å². The summed E-state index contributed by atoms with van der Waals surface area (Å²) >= 11 is 1.56. The third-order valence-electron chi connectivity index (χ3n) is 5.74. The number of hydrogen-bond acceptors (Lipinski definition) is 5. The molecule has 0 unspecified atom stereocenters. The van der Waals surface area contributed by atoms with Crippen LogP contribution in [0.15, 0.2) is 42.5 Å². The Morgan fingerprint density at radius 2 is 1.91 bits per heavy atom. The summed E-state index contributed by atoms with van der Waals surface area (Å²) in [5, 5.41) is 8.58. The molecule has 4 aromatic rings. The maximum absolute atomic E-state index is 12.7. The van der Waals surface area contributed by atoms with Crippen LogP contribution in [-0.4, -0.2) is 34.3 Å². The minimum absolute atomic E-state index is 0.0329. The van der Waals surface area contributed by atoms with Crippen molar-refractivity contribution in [2.24, 2.45) is 0 Å². The molecule has 166 valence electrons. The molecule has 32 heavy (non-hydrogen) atoms. The van der Waals surface area contributed by atoms with Crippen molar-refractivity contribution in [1.82, 2.24) is 20.1 Å². The Kier molecular flexibility index (Phi) is 6.02. The molecule has 4 rings (SSSR count). The predicted octanol–water partition coefficient (Wildman–Crippen LogP) is 5.03. The van der Waals surface area contributed by atoms with E-state index in [2.05, 4.69) is 61.5 Å². The number of hydrogen-bond donors (Lipinski definition) is 1. The first kappa shape index (κ1) is 22.0. The molecule has 2 aromatic carbocycles. The molecule has 0 aliphatic rings. The van der Waals surface area contributed by atoms with Crippen molar-refractivity contribution >= 4 is 32.7 Å². The second kappa shape index (κ2) is 8.74. The molecule has 0 aliphatic carbocycles. The van der Waals surface area contributed by atoms with Gasteiger partial charge in [-0.25, -0.2) is 4.68 Å². The number of rotatable bonds is 6. The molecule has 0 aliphatic heterocycles. The minimum atomic E-state index is -0.0531. The molecule has 7 heteroatoms. The molecule has 1 atom stereocenters. The van der Waals surface area contributed by atoms with Crippen molar-refractivity contribution in [3.05, 3.63) is 70.4 Å². The standard InChI is InChI=1S/C25H29N5OS/c1-15-8-7-9-21(12-15)30-24-23(19(5)28-30)32-25(27-24)29(6)14-22(31)26-18(4)20-11-10-16(2)17(3)13-20/h7-13,18H,14H2,1-6H3,(H,26,31)/t18-/m0/s1. The summed E-state index contributed by atoms with van der Waals surface area (Å²) in [5.74, 6) is -0.0329. The fourth-order valence-electron chi connectivity index (χ4n) is 3.71. The Labute approximate surface area is 192 Å². The van der Waals surface area contributed by atoms with Crippen molar-refractivity contribution in [2.45, 2.75) is 40.7 Å². The molecule has 0 saturated carbocycles. The number of amides is 1. The van der Waals surface area contributed by atoms with Crippen molar-refractivity contribution < 1.29 is 4.79 Å². The number of carbonyl (C=O) groups is 1. The number of aromatic nitrogens is 3. The molecule has 2 heterocycles. The zero-order valence-corrected chi connectivity index (χ0v) is 20.2. The zero-order valence-electron chi connectivity index (χ0n) is 19.4. The van der Waals surface area contributed by atoms with Crippen LogP contribution in [0.2, 0.25) is 0 Å². The van der Waals surface area contributed by atoms with Gasteiger partial charge in [0.15, 0.2) is 10.8 Å². The fourth-order valence-corrected chi connectivity index (χ4v) is 4.66. The summed E-state index contributed by atoms with van der Waals surface area (Å²) in [7, 11) is 1.90. The Morgan fingerprint density at radius 1 is 1.12 bits per heavy atom. The summed E-state index contributed by atoms with van der Waals surface area (Å²) < 4.78 is 2.92. The minimum Gasteiger partial charge on any atom is -0.348 e. The number of anilines is 1. The van der Waals surface area contributed by atoms with Gasteiger partial charge in [-0.1, -0.05) is 41.7 Å². The van der Waals surface area contributed by atoms with Crippen LogP contribution in [-0.2, 0) is 4.79 Å². The summed E-state index contributed by atoms with van der Waals surface area (Å²) in [6.45, 7) is 10.5. The van der Waals surface area contributed by atoms with Crippen LogP contribution in [0, 0.1) is 27.7 Å². The number of fused-ring (bicyclic) bond motifs is 1. The van der Waals surface area contributed by atoms with Gasteiger partial charge in [-0.05, 0) is 69.0 Å². The van der Waals surface area contributed by atoms with E-state index in [1.165, 1.54) is 16.7 Å². The van der Waals surface area contributed by atoms with E-state index in [1.54, 1.807) is 11.3 Å². The van der Waals surface area contributed by atoms with E-state index in [0.717, 1.165) is 32.4 Å². The Morgan fingerprint density at radius 3 is 2.62 bits per heavy atom. The summed E-state index contributed by atoms with van der Waals surface area (Å²) in [5.41, 5.74) is 7.51. The average Bonchev–Trinajstić information content (AvgIpc) is 3.30. The van der Waals surface area contributed by atoms with E-state index in [9.17, 15) is 4.79 Å². The summed E-state index contributed by atoms with van der Waals surface area (Å²) in [6, 6.07) is 14.5. The topological polar surface area (TPSA) is 63.1 Å². The van der Waals surface area contributed by atoms with E-state index in [-0.39, 0.29) is 18.5 Å². The van der Waals surface area contributed by atoms with Crippen LogP contribution in [0.25, 0.3) is 16.0 Å². The molecule has 2 aromatic heterocycles. The van der Waals surface area contributed by atoms with Gasteiger partial charge < -0.3 is 10.2 Å². The second-order valence-corrected chi connectivity index (χ2v) is 9.45. The molecular weight excluding hydrogens is 418 g/mol. The lowest BCUT2D eigenvalue weighted by Gasteiger charge is -2.19. The van der Waals surface area contributed by atoms with Crippen molar-refractivity contribution in [3.63, 3.8) is 0 Å². The number of thiazole rings is 1. The molecule has 0 fully saturated rings. The Bertz CT molecular complexity index is 1290. The molecular formula is C25H29N5OS. The number of benzene rings is 2. The predicted molar refractivity (Wildman–Crippen MR) is 132 cm³/mol. The van der Waals surface area contributed by atoms with Gasteiger partial charge in [0.2, 0.25) is 5.91 Å². The van der Waals surface area contributed by atoms with E-state index >= 15 is 0 Å². The van der Waals surface area contributed by atoms with E-state index < -0.39 is 0 Å². The van der Waals surface area contributed by atoms with Crippen LogP contribution < -0.4 is 10.2 Å². The summed E-state index contributed by atoms with van der Waals surface area (Å²) in [4.78, 5) is 19.4. The van der Waals surface area contributed by atoms with Gasteiger partial charge in [0, 0.05) is 7.05 Å². The number of likely N-dealkylation sites (N-methyl/N-ethyl adjacent to an activating group) is 1. The van der Waals surface area contributed by atoms with Crippen molar-refractivity contribution in [2.75, 3.05) is 18.5 Å². The highest BCUT2D eigenvalue weighted by Crippen LogP contribution is 2.32. The molecule has 0 bridgehead atoms. The second-order valence-electron chi connectivity index (χ2n) is 8.47.